The number of amides is 1. The smallest absolute Gasteiger partial charge is 0.225 e. The molecule has 1 rings (SSSR count). The van der Waals surface area contributed by atoms with Crippen LogP contribution in [0.25, 0.3) is 0 Å². The van der Waals surface area contributed by atoms with Gasteiger partial charge in [-0.3, -0.25) is 9.59 Å². The van der Waals surface area contributed by atoms with Gasteiger partial charge in [-0.15, -0.1) is 0 Å². The van der Waals surface area contributed by atoms with E-state index in [4.69, 9.17) is 0 Å². The molecule has 0 aliphatic heterocycles. The van der Waals surface area contributed by atoms with E-state index >= 15 is 0 Å². The van der Waals surface area contributed by atoms with Gasteiger partial charge in [-0.2, -0.15) is 0 Å². The Bertz CT molecular complexity index is 486. The molecule has 1 amide bonds. The maximum Gasteiger partial charge on any atom is 0.225 e. The Morgan fingerprint density at radius 1 is 0.824 bits per heavy atom. The number of hydrogen-bond donors (Lipinski definition) is 1. The Morgan fingerprint density at radius 2 is 1.18 bits per heavy atom. The summed E-state index contributed by atoms with van der Waals surface area (Å²) in [6.07, 6.45) is -1.15. The summed E-state index contributed by atoms with van der Waals surface area (Å²) in [4.78, 5) is 21.4. The lowest BCUT2D eigenvalue weighted by Crippen LogP contribution is -2.20. The fourth-order valence-electron chi connectivity index (χ4n) is 1.10. The zero-order valence-corrected chi connectivity index (χ0v) is 7.99. The summed E-state index contributed by atoms with van der Waals surface area (Å²) >= 11 is 0. The van der Waals surface area contributed by atoms with Crippen LogP contribution in [-0.2, 0) is 4.79 Å². The number of ketones is 1. The molecular formula is C9H4F5NO2. The molecule has 1 aromatic rings. The fourth-order valence-corrected chi connectivity index (χ4v) is 1.10. The minimum absolute atomic E-state index is 1.15. The predicted octanol–water partition coefficient (Wildman–Crippen LogP) is 1.44. The van der Waals surface area contributed by atoms with Crippen LogP contribution < -0.4 is 5.73 Å². The molecule has 0 unspecified atom stereocenters. The summed E-state index contributed by atoms with van der Waals surface area (Å²) in [5, 5.41) is 0. The first kappa shape index (κ1) is 13.1. The standard InChI is InChI=1S/C9H4F5NO2/c10-5-4(2(16)1-3(15)17)6(11)8(13)9(14)7(5)12/h1H2,(H2,15,17). The molecule has 0 aliphatic rings. The van der Waals surface area contributed by atoms with E-state index < -0.39 is 52.8 Å². The number of carbonyl (C=O) groups excluding carboxylic acids is 2. The van der Waals surface area contributed by atoms with Crippen LogP contribution in [0.4, 0.5) is 22.0 Å². The molecule has 0 fully saturated rings. The van der Waals surface area contributed by atoms with Crippen LogP contribution in [0.15, 0.2) is 0 Å². The number of benzene rings is 1. The zero-order chi connectivity index (χ0) is 13.3. The van der Waals surface area contributed by atoms with Crippen molar-refractivity contribution in [1.82, 2.24) is 0 Å². The summed E-state index contributed by atoms with van der Waals surface area (Å²) in [5.74, 6) is -14.3. The van der Waals surface area contributed by atoms with Crippen LogP contribution in [0.1, 0.15) is 16.8 Å². The van der Waals surface area contributed by atoms with Crippen LogP contribution in [0.2, 0.25) is 0 Å². The highest BCUT2D eigenvalue weighted by Gasteiger charge is 2.29. The number of nitrogens with two attached hydrogens (primary N) is 1. The first-order chi connectivity index (χ1) is 7.77. The minimum atomic E-state index is -2.38. The van der Waals surface area contributed by atoms with Crippen LogP contribution >= 0.6 is 0 Å². The maximum atomic E-state index is 13.0. The van der Waals surface area contributed by atoms with E-state index in [0.29, 0.717) is 0 Å². The van der Waals surface area contributed by atoms with Gasteiger partial charge in [-0.1, -0.05) is 0 Å². The van der Waals surface area contributed by atoms with Crippen molar-refractivity contribution in [1.29, 1.82) is 0 Å². The molecule has 1 aromatic carbocycles. The van der Waals surface area contributed by atoms with Gasteiger partial charge in [0.25, 0.3) is 0 Å². The van der Waals surface area contributed by atoms with Gasteiger partial charge in [0, 0.05) is 0 Å². The van der Waals surface area contributed by atoms with Crippen LogP contribution in [0.5, 0.6) is 0 Å². The highest BCUT2D eigenvalue weighted by Crippen LogP contribution is 2.23. The van der Waals surface area contributed by atoms with Crippen molar-refractivity contribution in [2.45, 2.75) is 6.42 Å². The number of Topliss-reactive ketones (excluding diaryl/α,β-unsaturated/α-hetero) is 1. The van der Waals surface area contributed by atoms with Gasteiger partial charge in [0.2, 0.25) is 11.7 Å². The van der Waals surface area contributed by atoms with Gasteiger partial charge >= 0.3 is 0 Å². The number of primary amides is 1. The van der Waals surface area contributed by atoms with E-state index in [9.17, 15) is 31.5 Å². The molecule has 17 heavy (non-hydrogen) atoms. The topological polar surface area (TPSA) is 60.2 Å². The molecule has 0 spiro atoms. The lowest BCUT2D eigenvalue weighted by atomic mass is 10.1. The summed E-state index contributed by atoms with van der Waals surface area (Å²) in [7, 11) is 0. The van der Waals surface area contributed by atoms with E-state index in [-0.39, 0.29) is 0 Å². The molecule has 0 aromatic heterocycles. The average Bonchev–Trinajstić information content (AvgIpc) is 2.23. The largest absolute Gasteiger partial charge is 0.369 e. The number of carbonyl (C=O) groups is 2. The van der Waals surface area contributed by atoms with E-state index in [1.54, 1.807) is 0 Å². The van der Waals surface area contributed by atoms with Crippen molar-refractivity contribution in [2.75, 3.05) is 0 Å². The lowest BCUT2D eigenvalue weighted by molar-refractivity contribution is -0.117. The van der Waals surface area contributed by atoms with Crippen molar-refractivity contribution >= 4 is 11.7 Å². The zero-order valence-electron chi connectivity index (χ0n) is 7.99. The highest BCUT2D eigenvalue weighted by molar-refractivity contribution is 6.07. The second-order valence-corrected chi connectivity index (χ2v) is 3.01. The number of halogens is 5. The predicted molar refractivity (Wildman–Crippen MR) is 44.4 cm³/mol. The average molecular weight is 253 g/mol. The Hall–Kier alpha value is -1.99. The molecule has 0 saturated carbocycles. The molecule has 0 atom stereocenters. The molecule has 0 bridgehead atoms. The SMILES string of the molecule is NC(=O)CC(=O)c1c(F)c(F)c(F)c(F)c1F. The summed E-state index contributed by atoms with van der Waals surface area (Å²) in [6, 6.07) is 0. The van der Waals surface area contributed by atoms with Crippen molar-refractivity contribution in [3.8, 4) is 0 Å². The quantitative estimate of drug-likeness (QED) is 0.291. The van der Waals surface area contributed by atoms with Gasteiger partial charge in [-0.25, -0.2) is 22.0 Å². The van der Waals surface area contributed by atoms with E-state index in [1.807, 2.05) is 0 Å². The van der Waals surface area contributed by atoms with Gasteiger partial charge in [0.1, 0.15) is 0 Å². The van der Waals surface area contributed by atoms with Crippen LogP contribution in [-0.4, -0.2) is 11.7 Å². The molecular weight excluding hydrogens is 249 g/mol. The Labute approximate surface area is 91.0 Å². The van der Waals surface area contributed by atoms with Crippen molar-refractivity contribution in [2.24, 2.45) is 5.73 Å². The fraction of sp³-hybridized carbons (Fsp3) is 0.111. The summed E-state index contributed by atoms with van der Waals surface area (Å²) in [5.41, 5.74) is 2.90. The first-order valence-electron chi connectivity index (χ1n) is 4.10. The normalized spacial score (nSPS) is 10.4. The molecule has 0 saturated heterocycles. The molecule has 0 heterocycles. The number of rotatable bonds is 3. The molecule has 92 valence electrons. The van der Waals surface area contributed by atoms with Crippen molar-refractivity contribution in [3.63, 3.8) is 0 Å². The molecule has 8 heteroatoms. The van der Waals surface area contributed by atoms with E-state index in [1.165, 1.54) is 0 Å². The Kier molecular flexibility index (Phi) is 3.45. The molecule has 2 N–H and O–H groups in total. The van der Waals surface area contributed by atoms with E-state index in [2.05, 4.69) is 5.73 Å². The van der Waals surface area contributed by atoms with E-state index in [0.717, 1.165) is 0 Å². The minimum Gasteiger partial charge on any atom is -0.369 e. The lowest BCUT2D eigenvalue weighted by Gasteiger charge is -2.06. The molecule has 0 aliphatic carbocycles. The second kappa shape index (κ2) is 4.48. The Morgan fingerprint density at radius 3 is 1.53 bits per heavy atom. The van der Waals surface area contributed by atoms with Gasteiger partial charge in [0.05, 0.1) is 12.0 Å². The third-order valence-corrected chi connectivity index (χ3v) is 1.82. The van der Waals surface area contributed by atoms with Crippen LogP contribution in [0, 0.1) is 29.1 Å². The maximum absolute atomic E-state index is 13.0. The third-order valence-electron chi connectivity index (χ3n) is 1.82. The van der Waals surface area contributed by atoms with Crippen LogP contribution in [0.3, 0.4) is 0 Å². The Balaban J connectivity index is 3.44. The monoisotopic (exact) mass is 253 g/mol. The highest BCUT2D eigenvalue weighted by atomic mass is 19.2. The summed E-state index contributed by atoms with van der Waals surface area (Å²) in [6.45, 7) is 0. The summed E-state index contributed by atoms with van der Waals surface area (Å²) < 4.78 is 64.0. The number of hydrogen-bond acceptors (Lipinski definition) is 2. The first-order valence-corrected chi connectivity index (χ1v) is 4.10. The third kappa shape index (κ3) is 2.24. The molecule has 3 nitrogen and oxygen atoms in total. The van der Waals surface area contributed by atoms with Gasteiger partial charge in [0.15, 0.2) is 29.1 Å². The molecule has 0 radical (unpaired) electrons. The van der Waals surface area contributed by atoms with Gasteiger partial charge in [-0.05, 0) is 0 Å². The van der Waals surface area contributed by atoms with Crippen molar-refractivity contribution < 1.29 is 31.5 Å². The van der Waals surface area contributed by atoms with Gasteiger partial charge < -0.3 is 5.73 Å². The van der Waals surface area contributed by atoms with Crippen molar-refractivity contribution in [3.05, 3.63) is 34.6 Å². The second-order valence-electron chi connectivity index (χ2n) is 3.01.